The lowest BCUT2D eigenvalue weighted by Gasteiger charge is -2.10. The molecule has 1 aromatic heterocycles. The fourth-order valence-electron chi connectivity index (χ4n) is 2.30. The third-order valence-corrected chi connectivity index (χ3v) is 4.82. The predicted molar refractivity (Wildman–Crippen MR) is 101 cm³/mol. The number of aryl methyl sites for hydroxylation is 1. The summed E-state index contributed by atoms with van der Waals surface area (Å²) >= 11 is 7.22. The first-order valence-electron chi connectivity index (χ1n) is 7.60. The number of nitrogen functional groups attached to an aromatic ring is 1. The minimum Gasteiger partial charge on any atom is -0.335 e. The molecule has 1 amide bonds. The topological polar surface area (TPSA) is 85.8 Å². The van der Waals surface area contributed by atoms with Crippen LogP contribution < -0.4 is 11.2 Å². The molecule has 0 aliphatic rings. The number of para-hydroxylation sites is 1. The maximum Gasteiger partial charge on any atom is 0.234 e. The number of hydrogen-bond donors (Lipinski definition) is 2. The molecule has 26 heavy (non-hydrogen) atoms. The summed E-state index contributed by atoms with van der Waals surface area (Å²) < 4.78 is 14.6. The Morgan fingerprint density at radius 3 is 2.81 bits per heavy atom. The van der Waals surface area contributed by atoms with Crippen molar-refractivity contribution in [1.29, 1.82) is 0 Å². The van der Waals surface area contributed by atoms with Crippen LogP contribution in [-0.2, 0) is 4.79 Å². The number of halogens is 2. The number of aromatic nitrogens is 3. The second-order valence-electron chi connectivity index (χ2n) is 5.46. The van der Waals surface area contributed by atoms with Crippen LogP contribution in [0.15, 0.2) is 47.6 Å². The van der Waals surface area contributed by atoms with Crippen LogP contribution in [-0.4, -0.2) is 26.5 Å². The van der Waals surface area contributed by atoms with Crippen LogP contribution in [0.1, 0.15) is 5.56 Å². The lowest BCUT2D eigenvalue weighted by atomic mass is 10.2. The number of nitrogens with one attached hydrogen (secondary N) is 1. The number of thioether (sulfide) groups is 1. The van der Waals surface area contributed by atoms with Gasteiger partial charge < -0.3 is 11.2 Å². The van der Waals surface area contributed by atoms with Gasteiger partial charge in [0.2, 0.25) is 11.1 Å². The number of carbonyl (C=O) groups is 1. The average Bonchev–Trinajstić information content (AvgIpc) is 2.97. The van der Waals surface area contributed by atoms with E-state index < -0.39 is 5.82 Å². The van der Waals surface area contributed by atoms with Crippen LogP contribution in [0.4, 0.5) is 10.1 Å². The Hall–Kier alpha value is -2.58. The fraction of sp³-hybridized carbons (Fsp3) is 0.118. The maximum absolute atomic E-state index is 13.4. The number of nitrogens with two attached hydrogens (primary N) is 1. The highest BCUT2D eigenvalue weighted by molar-refractivity contribution is 7.99. The summed E-state index contributed by atoms with van der Waals surface area (Å²) in [4.78, 5) is 12.2. The van der Waals surface area contributed by atoms with Crippen LogP contribution in [0.2, 0.25) is 5.02 Å². The molecule has 0 aliphatic heterocycles. The lowest BCUT2D eigenvalue weighted by molar-refractivity contribution is -0.113. The molecule has 134 valence electrons. The summed E-state index contributed by atoms with van der Waals surface area (Å²) in [5.41, 5.74) is 1.95. The predicted octanol–water partition coefficient (Wildman–Crippen LogP) is 3.49. The molecule has 3 N–H and O–H groups in total. The van der Waals surface area contributed by atoms with E-state index in [2.05, 4.69) is 15.5 Å². The van der Waals surface area contributed by atoms with Crippen molar-refractivity contribution in [2.75, 3.05) is 16.9 Å². The Kier molecular flexibility index (Phi) is 5.43. The average molecular weight is 392 g/mol. The number of hydrogen-bond acceptors (Lipinski definition) is 5. The molecule has 0 atom stereocenters. The monoisotopic (exact) mass is 391 g/mol. The summed E-state index contributed by atoms with van der Waals surface area (Å²) in [5.74, 6) is 5.71. The summed E-state index contributed by atoms with van der Waals surface area (Å²) in [7, 11) is 0. The van der Waals surface area contributed by atoms with E-state index in [0.717, 1.165) is 17.3 Å². The van der Waals surface area contributed by atoms with Crippen molar-refractivity contribution in [3.05, 3.63) is 58.9 Å². The fourth-order valence-corrected chi connectivity index (χ4v) is 3.22. The summed E-state index contributed by atoms with van der Waals surface area (Å²) in [5, 5.41) is 11.5. The van der Waals surface area contributed by atoms with E-state index in [4.69, 9.17) is 17.4 Å². The first-order valence-corrected chi connectivity index (χ1v) is 8.96. The quantitative estimate of drug-likeness (QED) is 0.513. The van der Waals surface area contributed by atoms with Crippen LogP contribution in [0, 0.1) is 12.7 Å². The molecule has 6 nitrogen and oxygen atoms in total. The molecule has 2 aromatic carbocycles. The molecule has 3 rings (SSSR count). The van der Waals surface area contributed by atoms with Gasteiger partial charge in [-0.25, -0.2) is 9.07 Å². The Bertz CT molecular complexity index is 942. The van der Waals surface area contributed by atoms with E-state index in [-0.39, 0.29) is 11.7 Å². The highest BCUT2D eigenvalue weighted by Gasteiger charge is 2.15. The minimum atomic E-state index is -0.394. The molecule has 0 aliphatic carbocycles. The number of amides is 1. The SMILES string of the molecule is Cc1cccc(Cl)c1NC(=O)CSc1nnc(-c2cccc(F)c2)n1N. The normalized spacial score (nSPS) is 10.7. The smallest absolute Gasteiger partial charge is 0.234 e. The number of benzene rings is 2. The number of nitrogens with zero attached hydrogens (tertiary/aromatic N) is 3. The van der Waals surface area contributed by atoms with E-state index in [1.807, 2.05) is 19.1 Å². The van der Waals surface area contributed by atoms with Gasteiger partial charge in [0.05, 0.1) is 16.5 Å². The summed E-state index contributed by atoms with van der Waals surface area (Å²) in [6.45, 7) is 1.86. The number of anilines is 1. The molecule has 0 radical (unpaired) electrons. The van der Waals surface area contributed by atoms with Crippen LogP contribution in [0.5, 0.6) is 0 Å². The van der Waals surface area contributed by atoms with Gasteiger partial charge in [0.15, 0.2) is 5.82 Å². The molecule has 0 saturated heterocycles. The lowest BCUT2D eigenvalue weighted by Crippen LogP contribution is -2.17. The Morgan fingerprint density at radius 2 is 2.08 bits per heavy atom. The van der Waals surface area contributed by atoms with Gasteiger partial charge in [-0.2, -0.15) is 0 Å². The van der Waals surface area contributed by atoms with Gasteiger partial charge in [-0.3, -0.25) is 4.79 Å². The van der Waals surface area contributed by atoms with Crippen molar-refractivity contribution >= 4 is 35.0 Å². The largest absolute Gasteiger partial charge is 0.335 e. The maximum atomic E-state index is 13.4. The van der Waals surface area contributed by atoms with Crippen molar-refractivity contribution in [2.24, 2.45) is 0 Å². The number of rotatable bonds is 5. The zero-order valence-corrected chi connectivity index (χ0v) is 15.3. The molecular formula is C17H15ClFN5OS. The van der Waals surface area contributed by atoms with Crippen molar-refractivity contribution in [2.45, 2.75) is 12.1 Å². The summed E-state index contributed by atoms with van der Waals surface area (Å²) in [6.07, 6.45) is 0. The van der Waals surface area contributed by atoms with Crippen LogP contribution in [0.25, 0.3) is 11.4 Å². The first-order chi connectivity index (χ1) is 12.5. The van der Waals surface area contributed by atoms with Gasteiger partial charge >= 0.3 is 0 Å². The van der Waals surface area contributed by atoms with E-state index >= 15 is 0 Å². The van der Waals surface area contributed by atoms with Crippen molar-refractivity contribution in [3.8, 4) is 11.4 Å². The standard InChI is InChI=1S/C17H15ClFN5OS/c1-10-4-2-7-13(18)15(10)21-14(25)9-26-17-23-22-16(24(17)20)11-5-3-6-12(19)8-11/h2-8H,9,20H2,1H3,(H,21,25). The molecule has 1 heterocycles. The zero-order chi connectivity index (χ0) is 18.7. The zero-order valence-electron chi connectivity index (χ0n) is 13.7. The van der Waals surface area contributed by atoms with Gasteiger partial charge in [-0.1, -0.05) is 47.6 Å². The molecule has 0 fully saturated rings. The third-order valence-electron chi connectivity index (χ3n) is 3.57. The highest BCUT2D eigenvalue weighted by atomic mass is 35.5. The molecule has 9 heteroatoms. The molecular weight excluding hydrogens is 377 g/mol. The van der Waals surface area contributed by atoms with Gasteiger partial charge in [0.25, 0.3) is 0 Å². The van der Waals surface area contributed by atoms with Gasteiger partial charge in [0, 0.05) is 5.56 Å². The van der Waals surface area contributed by atoms with E-state index in [1.165, 1.54) is 16.8 Å². The molecule has 3 aromatic rings. The second kappa shape index (κ2) is 7.76. The first kappa shape index (κ1) is 18.2. The molecule has 0 bridgehead atoms. The Labute approximate surface area is 158 Å². The van der Waals surface area contributed by atoms with Crippen LogP contribution >= 0.6 is 23.4 Å². The number of carbonyl (C=O) groups excluding carboxylic acids is 1. The molecule has 0 unspecified atom stereocenters. The van der Waals surface area contributed by atoms with Gasteiger partial charge in [0.1, 0.15) is 5.82 Å². The van der Waals surface area contributed by atoms with Crippen molar-refractivity contribution < 1.29 is 9.18 Å². The van der Waals surface area contributed by atoms with Gasteiger partial charge in [-0.05, 0) is 30.7 Å². The molecule has 0 saturated carbocycles. The van der Waals surface area contributed by atoms with Crippen molar-refractivity contribution in [3.63, 3.8) is 0 Å². The second-order valence-corrected chi connectivity index (χ2v) is 6.80. The van der Waals surface area contributed by atoms with E-state index in [9.17, 15) is 9.18 Å². The third kappa shape index (κ3) is 3.97. The highest BCUT2D eigenvalue weighted by Crippen LogP contribution is 2.26. The van der Waals surface area contributed by atoms with E-state index in [1.54, 1.807) is 18.2 Å². The van der Waals surface area contributed by atoms with Gasteiger partial charge in [-0.15, -0.1) is 10.2 Å². The summed E-state index contributed by atoms with van der Waals surface area (Å²) in [6, 6.07) is 11.3. The van der Waals surface area contributed by atoms with E-state index in [0.29, 0.717) is 27.3 Å². The Balaban J connectivity index is 1.68. The minimum absolute atomic E-state index is 0.0726. The molecule has 0 spiro atoms. The van der Waals surface area contributed by atoms with Crippen molar-refractivity contribution in [1.82, 2.24) is 14.9 Å². The van der Waals surface area contributed by atoms with Crippen LogP contribution in [0.3, 0.4) is 0 Å². The Morgan fingerprint density at radius 1 is 1.31 bits per heavy atom.